The maximum Gasteiger partial charge on any atom is 0.322 e. The van der Waals surface area contributed by atoms with Gasteiger partial charge in [0.1, 0.15) is 12.1 Å². The van der Waals surface area contributed by atoms with Crippen LogP contribution < -0.4 is 10.9 Å². The molecule has 0 heterocycles. The van der Waals surface area contributed by atoms with Gasteiger partial charge in [-0.1, -0.05) is 0 Å². The average Bonchev–Trinajstić information content (AvgIpc) is 2.31. The van der Waals surface area contributed by atoms with Crippen molar-refractivity contribution in [3.63, 3.8) is 0 Å². The molecule has 0 aliphatic rings. The van der Waals surface area contributed by atoms with Crippen LogP contribution in [0, 0.1) is 0 Å². The molecule has 0 saturated heterocycles. The molecule has 18 heavy (non-hydrogen) atoms. The Labute approximate surface area is 115 Å². The Bertz CT molecular complexity index is 240. The van der Waals surface area contributed by atoms with Crippen LogP contribution in [0.4, 0.5) is 0 Å². The fraction of sp³-hybridized carbons (Fsp3) is 0.800. The lowest BCUT2D eigenvalue weighted by Crippen LogP contribution is -2.52. The predicted octanol–water partition coefficient (Wildman–Crippen LogP) is 0.493. The molecule has 106 valence electrons. The van der Waals surface area contributed by atoms with Gasteiger partial charge < -0.3 is 10.2 Å². The highest BCUT2D eigenvalue weighted by atomic mass is 32.2. The number of rotatable bonds is 11. The molecule has 0 saturated carbocycles. The fourth-order valence-corrected chi connectivity index (χ4v) is 2.13. The molecule has 6 nitrogen and oxygen atoms in total. The van der Waals surface area contributed by atoms with E-state index in [0.717, 1.165) is 0 Å². The number of carbonyl (C=O) groups is 2. The predicted molar refractivity (Wildman–Crippen MR) is 75.1 cm³/mol. The number of carboxylic acid groups (broad SMARTS) is 2. The van der Waals surface area contributed by atoms with E-state index in [-0.39, 0.29) is 0 Å². The summed E-state index contributed by atoms with van der Waals surface area (Å²) in [5.41, 5.74) is 5.18. The average molecular weight is 296 g/mol. The minimum atomic E-state index is -0.981. The standard InChI is InChI=1S/C10H20N2O4S2/c1-17-5-3-7(9(13)14)11-12-8(10(15)16)4-6-18-2/h7-8,11-12H,3-6H2,1-2H3,(H,13,14)(H,15,16)/t7-,8-/m0/s1. The maximum atomic E-state index is 10.9. The molecule has 0 aliphatic heterocycles. The Morgan fingerprint density at radius 1 is 0.944 bits per heavy atom. The summed E-state index contributed by atoms with van der Waals surface area (Å²) < 4.78 is 0. The summed E-state index contributed by atoms with van der Waals surface area (Å²) in [5, 5.41) is 17.9. The van der Waals surface area contributed by atoms with E-state index < -0.39 is 24.0 Å². The zero-order valence-electron chi connectivity index (χ0n) is 10.5. The van der Waals surface area contributed by atoms with E-state index in [4.69, 9.17) is 10.2 Å². The largest absolute Gasteiger partial charge is 0.480 e. The van der Waals surface area contributed by atoms with Gasteiger partial charge in [-0.15, -0.1) is 0 Å². The molecular formula is C10H20N2O4S2. The molecule has 0 unspecified atom stereocenters. The Balaban J connectivity index is 4.18. The maximum absolute atomic E-state index is 10.9. The SMILES string of the molecule is CSCC[C@H](NN[C@@H](CCSC)C(=O)O)C(=O)O. The molecule has 0 aliphatic carbocycles. The lowest BCUT2D eigenvalue weighted by Gasteiger charge is -2.19. The zero-order chi connectivity index (χ0) is 14.0. The highest BCUT2D eigenvalue weighted by Gasteiger charge is 2.21. The van der Waals surface area contributed by atoms with E-state index in [9.17, 15) is 9.59 Å². The first-order valence-electron chi connectivity index (χ1n) is 5.47. The first kappa shape index (κ1) is 17.6. The van der Waals surface area contributed by atoms with Gasteiger partial charge in [0.05, 0.1) is 0 Å². The van der Waals surface area contributed by atoms with Gasteiger partial charge >= 0.3 is 11.9 Å². The van der Waals surface area contributed by atoms with Gasteiger partial charge in [0.25, 0.3) is 0 Å². The minimum Gasteiger partial charge on any atom is -0.480 e. The summed E-state index contributed by atoms with van der Waals surface area (Å²) in [7, 11) is 0. The lowest BCUT2D eigenvalue weighted by atomic mass is 10.2. The van der Waals surface area contributed by atoms with Crippen molar-refractivity contribution in [3.05, 3.63) is 0 Å². The van der Waals surface area contributed by atoms with Crippen molar-refractivity contribution in [1.29, 1.82) is 0 Å². The van der Waals surface area contributed by atoms with E-state index in [1.165, 1.54) is 0 Å². The lowest BCUT2D eigenvalue weighted by molar-refractivity contribution is -0.143. The third-order valence-electron chi connectivity index (χ3n) is 2.25. The molecule has 0 amide bonds. The highest BCUT2D eigenvalue weighted by molar-refractivity contribution is 7.98. The molecule has 0 aromatic heterocycles. The molecule has 0 aromatic carbocycles. The normalized spacial score (nSPS) is 14.1. The van der Waals surface area contributed by atoms with Crippen LogP contribution in [0.1, 0.15) is 12.8 Å². The number of hydrogen-bond acceptors (Lipinski definition) is 6. The summed E-state index contributed by atoms with van der Waals surface area (Å²) in [6, 6.07) is -1.54. The Hall–Kier alpha value is -0.440. The van der Waals surface area contributed by atoms with Crippen molar-refractivity contribution in [2.75, 3.05) is 24.0 Å². The molecule has 8 heteroatoms. The quantitative estimate of drug-likeness (QED) is 0.409. The Morgan fingerprint density at radius 3 is 1.50 bits per heavy atom. The number of thioether (sulfide) groups is 2. The second-order valence-corrected chi connectivity index (χ2v) is 5.60. The van der Waals surface area contributed by atoms with Crippen molar-refractivity contribution in [2.24, 2.45) is 0 Å². The van der Waals surface area contributed by atoms with E-state index >= 15 is 0 Å². The fourth-order valence-electron chi connectivity index (χ4n) is 1.19. The monoisotopic (exact) mass is 296 g/mol. The molecule has 0 fully saturated rings. The summed E-state index contributed by atoms with van der Waals surface area (Å²) in [5.74, 6) is -0.557. The van der Waals surface area contributed by atoms with E-state index in [2.05, 4.69) is 10.9 Å². The molecule has 0 bridgehead atoms. The third kappa shape index (κ3) is 7.80. The van der Waals surface area contributed by atoms with Gasteiger partial charge in [-0.05, 0) is 36.9 Å². The van der Waals surface area contributed by atoms with Crippen LogP contribution in [0.5, 0.6) is 0 Å². The van der Waals surface area contributed by atoms with Crippen LogP contribution in [0.3, 0.4) is 0 Å². The van der Waals surface area contributed by atoms with Crippen LogP contribution in [0.15, 0.2) is 0 Å². The number of aliphatic carboxylic acids is 2. The molecule has 0 rings (SSSR count). The van der Waals surface area contributed by atoms with Gasteiger partial charge in [-0.25, -0.2) is 10.9 Å². The van der Waals surface area contributed by atoms with Crippen LogP contribution in [0.2, 0.25) is 0 Å². The van der Waals surface area contributed by atoms with E-state index in [1.807, 2.05) is 12.5 Å². The summed E-state index contributed by atoms with van der Waals surface area (Å²) in [6.07, 6.45) is 4.67. The van der Waals surface area contributed by atoms with Crippen LogP contribution in [-0.2, 0) is 9.59 Å². The topological polar surface area (TPSA) is 98.7 Å². The van der Waals surface area contributed by atoms with Crippen LogP contribution in [-0.4, -0.2) is 58.3 Å². The van der Waals surface area contributed by atoms with Crippen molar-refractivity contribution in [1.82, 2.24) is 10.9 Å². The van der Waals surface area contributed by atoms with E-state index in [1.54, 1.807) is 23.5 Å². The summed E-state index contributed by atoms with van der Waals surface area (Å²) in [6.45, 7) is 0. The Kier molecular flexibility index (Phi) is 10.2. The van der Waals surface area contributed by atoms with Gasteiger partial charge in [0.15, 0.2) is 0 Å². The molecule has 0 radical (unpaired) electrons. The second kappa shape index (κ2) is 10.5. The molecule has 0 aromatic rings. The molecule has 2 atom stereocenters. The number of hydrazine groups is 1. The summed E-state index contributed by atoms with van der Waals surface area (Å²) in [4.78, 5) is 21.9. The Morgan fingerprint density at radius 2 is 1.28 bits per heavy atom. The molecule has 4 N–H and O–H groups in total. The van der Waals surface area contributed by atoms with Crippen molar-refractivity contribution in [3.8, 4) is 0 Å². The highest BCUT2D eigenvalue weighted by Crippen LogP contribution is 2.02. The number of hydrogen-bond donors (Lipinski definition) is 4. The summed E-state index contributed by atoms with van der Waals surface area (Å²) >= 11 is 3.10. The van der Waals surface area contributed by atoms with E-state index in [0.29, 0.717) is 24.3 Å². The first-order chi connectivity index (χ1) is 8.52. The van der Waals surface area contributed by atoms with Crippen LogP contribution >= 0.6 is 23.5 Å². The molecular weight excluding hydrogens is 276 g/mol. The molecule has 0 spiro atoms. The van der Waals surface area contributed by atoms with Gasteiger partial charge in [-0.3, -0.25) is 9.59 Å². The van der Waals surface area contributed by atoms with Gasteiger partial charge in [0.2, 0.25) is 0 Å². The van der Waals surface area contributed by atoms with Gasteiger partial charge in [0, 0.05) is 0 Å². The smallest absolute Gasteiger partial charge is 0.322 e. The number of carboxylic acids is 2. The minimum absolute atomic E-state index is 0.443. The third-order valence-corrected chi connectivity index (χ3v) is 3.54. The number of nitrogens with one attached hydrogen (secondary N) is 2. The van der Waals surface area contributed by atoms with Crippen LogP contribution in [0.25, 0.3) is 0 Å². The second-order valence-electron chi connectivity index (χ2n) is 3.63. The van der Waals surface area contributed by atoms with Crippen molar-refractivity contribution >= 4 is 35.5 Å². The first-order valence-corrected chi connectivity index (χ1v) is 8.26. The van der Waals surface area contributed by atoms with Crippen molar-refractivity contribution in [2.45, 2.75) is 24.9 Å². The zero-order valence-corrected chi connectivity index (χ0v) is 12.1. The van der Waals surface area contributed by atoms with Gasteiger partial charge in [-0.2, -0.15) is 23.5 Å². The van der Waals surface area contributed by atoms with Crippen molar-refractivity contribution < 1.29 is 19.8 Å².